The van der Waals surface area contributed by atoms with E-state index in [1.165, 1.54) is 22.5 Å². The van der Waals surface area contributed by atoms with Crippen molar-refractivity contribution in [1.82, 2.24) is 4.98 Å². The number of hydrogen-bond donors (Lipinski definition) is 0. The Morgan fingerprint density at radius 1 is 0.634 bits per heavy atom. The summed E-state index contributed by atoms with van der Waals surface area (Å²) in [6.45, 7) is 12.8. The normalized spacial score (nSPS) is 16.7. The second-order valence-corrected chi connectivity index (χ2v) is 10.3. The molecule has 0 aliphatic carbocycles. The molecule has 0 amide bonds. The van der Waals surface area contributed by atoms with E-state index in [-0.39, 0.29) is 12.0 Å². The summed E-state index contributed by atoms with van der Waals surface area (Å²) in [4.78, 5) is 9.45. The fourth-order valence-corrected chi connectivity index (χ4v) is 5.76. The summed E-state index contributed by atoms with van der Waals surface area (Å²) < 4.78 is 0. The summed E-state index contributed by atoms with van der Waals surface area (Å²) in [7, 11) is 0. The molecule has 5 rings (SSSR count). The Bertz CT molecular complexity index is 1420. The van der Waals surface area contributed by atoms with E-state index in [4.69, 9.17) is 10.1 Å². The Balaban J connectivity index is 1.55. The largest absolute Gasteiger partial charge is 0.372 e. The van der Waals surface area contributed by atoms with Crippen LogP contribution in [0.5, 0.6) is 0 Å². The minimum Gasteiger partial charge on any atom is -0.372 e. The SMILES string of the molecule is CCN(CC)c1ccc(C=CC2=NN(c3ccccn3)C(c3ccc(N(CC)CC)cc3)C2c2ccccc2)cc1. The Hall–Kier alpha value is -4.38. The second kappa shape index (κ2) is 13.3. The molecule has 4 aromatic rings. The summed E-state index contributed by atoms with van der Waals surface area (Å²) in [5.74, 6) is 0.891. The lowest BCUT2D eigenvalue weighted by molar-refractivity contribution is 0.641. The van der Waals surface area contributed by atoms with Crippen molar-refractivity contribution in [1.29, 1.82) is 0 Å². The molecular formula is C36H41N5. The van der Waals surface area contributed by atoms with Crippen LogP contribution in [-0.2, 0) is 0 Å². The fourth-order valence-electron chi connectivity index (χ4n) is 5.76. The molecule has 5 nitrogen and oxygen atoms in total. The predicted octanol–water partition coefficient (Wildman–Crippen LogP) is 8.19. The highest BCUT2D eigenvalue weighted by Gasteiger charge is 2.39. The van der Waals surface area contributed by atoms with Gasteiger partial charge in [0.2, 0.25) is 0 Å². The van der Waals surface area contributed by atoms with Gasteiger partial charge < -0.3 is 9.80 Å². The van der Waals surface area contributed by atoms with Crippen molar-refractivity contribution in [2.75, 3.05) is 41.0 Å². The first kappa shape index (κ1) is 28.2. The van der Waals surface area contributed by atoms with Crippen molar-refractivity contribution in [2.45, 2.75) is 39.7 Å². The first-order chi connectivity index (χ1) is 20.2. The second-order valence-electron chi connectivity index (χ2n) is 10.3. The number of benzene rings is 3. The van der Waals surface area contributed by atoms with Crippen molar-refractivity contribution in [3.63, 3.8) is 0 Å². The first-order valence-electron chi connectivity index (χ1n) is 14.9. The summed E-state index contributed by atoms with van der Waals surface area (Å²) in [5, 5.41) is 7.34. The van der Waals surface area contributed by atoms with Crippen LogP contribution in [0.4, 0.5) is 17.2 Å². The van der Waals surface area contributed by atoms with Gasteiger partial charge in [-0.15, -0.1) is 0 Å². The molecule has 1 aliphatic heterocycles. The summed E-state index contributed by atoms with van der Waals surface area (Å²) in [6.07, 6.45) is 6.21. The van der Waals surface area contributed by atoms with Gasteiger partial charge in [0.15, 0.2) is 0 Å². The van der Waals surface area contributed by atoms with Gasteiger partial charge in [-0.2, -0.15) is 5.10 Å². The quantitative estimate of drug-likeness (QED) is 0.191. The Labute approximate surface area is 245 Å². The van der Waals surface area contributed by atoms with Crippen LogP contribution in [0.3, 0.4) is 0 Å². The van der Waals surface area contributed by atoms with Crippen LogP contribution in [0.2, 0.25) is 0 Å². The average molecular weight is 544 g/mol. The average Bonchev–Trinajstić information content (AvgIpc) is 3.42. The third-order valence-corrected chi connectivity index (χ3v) is 8.00. The van der Waals surface area contributed by atoms with Crippen molar-refractivity contribution in [3.8, 4) is 0 Å². The smallest absolute Gasteiger partial charge is 0.149 e. The van der Waals surface area contributed by atoms with E-state index < -0.39 is 0 Å². The Kier molecular flexibility index (Phi) is 9.15. The van der Waals surface area contributed by atoms with Crippen LogP contribution in [0.1, 0.15) is 56.3 Å². The maximum absolute atomic E-state index is 5.23. The van der Waals surface area contributed by atoms with Gasteiger partial charge in [-0.1, -0.05) is 66.7 Å². The molecule has 1 aromatic heterocycles. The van der Waals surface area contributed by atoms with E-state index >= 15 is 0 Å². The lowest BCUT2D eigenvalue weighted by Gasteiger charge is -2.29. The molecule has 0 saturated carbocycles. The lowest BCUT2D eigenvalue weighted by atomic mass is 9.84. The molecular weight excluding hydrogens is 502 g/mol. The molecule has 0 fully saturated rings. The van der Waals surface area contributed by atoms with Crippen molar-refractivity contribution < 1.29 is 0 Å². The van der Waals surface area contributed by atoms with Crippen molar-refractivity contribution >= 4 is 29.0 Å². The van der Waals surface area contributed by atoms with Crippen LogP contribution in [0.15, 0.2) is 114 Å². The minimum absolute atomic E-state index is 0.0252. The fraction of sp³-hybridized carbons (Fsp3) is 0.278. The van der Waals surface area contributed by atoms with Crippen molar-refractivity contribution in [2.24, 2.45) is 5.10 Å². The van der Waals surface area contributed by atoms with Crippen LogP contribution in [0, 0.1) is 0 Å². The first-order valence-corrected chi connectivity index (χ1v) is 14.9. The number of allylic oxidation sites excluding steroid dienone is 1. The van der Waals surface area contributed by atoms with E-state index in [9.17, 15) is 0 Å². The van der Waals surface area contributed by atoms with Crippen LogP contribution in [-0.4, -0.2) is 36.9 Å². The zero-order chi connectivity index (χ0) is 28.6. The molecule has 0 radical (unpaired) electrons. The maximum atomic E-state index is 5.23. The summed E-state index contributed by atoms with van der Waals surface area (Å²) in [5.41, 5.74) is 7.13. The van der Waals surface area contributed by atoms with Crippen LogP contribution >= 0.6 is 0 Å². The number of aromatic nitrogens is 1. The molecule has 2 unspecified atom stereocenters. The van der Waals surface area contributed by atoms with E-state index in [0.29, 0.717) is 0 Å². The molecule has 2 atom stereocenters. The third-order valence-electron chi connectivity index (χ3n) is 8.00. The zero-order valence-corrected chi connectivity index (χ0v) is 24.7. The Morgan fingerprint density at radius 3 is 1.78 bits per heavy atom. The van der Waals surface area contributed by atoms with E-state index in [1.54, 1.807) is 0 Å². The molecule has 0 bridgehead atoms. The maximum Gasteiger partial charge on any atom is 0.149 e. The summed E-state index contributed by atoms with van der Waals surface area (Å²) >= 11 is 0. The number of hydrazone groups is 1. The minimum atomic E-state index is -0.0252. The highest BCUT2D eigenvalue weighted by molar-refractivity contribution is 6.06. The van der Waals surface area contributed by atoms with Gasteiger partial charge in [0.1, 0.15) is 5.82 Å². The molecule has 2 heterocycles. The number of rotatable bonds is 11. The zero-order valence-electron chi connectivity index (χ0n) is 24.7. The molecule has 0 saturated heterocycles. The number of anilines is 3. The Morgan fingerprint density at radius 2 is 1.22 bits per heavy atom. The summed E-state index contributed by atoms with van der Waals surface area (Å²) in [6, 6.07) is 34.5. The van der Waals surface area contributed by atoms with Gasteiger partial charge in [0.25, 0.3) is 0 Å². The van der Waals surface area contributed by atoms with Crippen LogP contribution in [0.25, 0.3) is 6.08 Å². The molecule has 210 valence electrons. The number of nitrogens with zero attached hydrogens (tertiary/aromatic N) is 5. The molecule has 41 heavy (non-hydrogen) atoms. The standard InChI is InChI=1S/C36H41N5/c1-5-39(6-2)31-22-17-28(18-23-31)19-26-33-35(29-14-10-9-11-15-29)36(41(38-33)34-16-12-13-27-37-34)30-20-24-32(25-21-30)40(7-3)8-4/h9-27,35-36H,5-8H2,1-4H3. The van der Waals surface area contributed by atoms with E-state index in [2.05, 4.69) is 134 Å². The van der Waals surface area contributed by atoms with Gasteiger partial charge in [-0.25, -0.2) is 9.99 Å². The number of pyridine rings is 1. The monoisotopic (exact) mass is 543 g/mol. The highest BCUT2D eigenvalue weighted by Crippen LogP contribution is 2.44. The highest BCUT2D eigenvalue weighted by atomic mass is 15.5. The topological polar surface area (TPSA) is 35.0 Å². The van der Waals surface area contributed by atoms with E-state index in [1.807, 2.05) is 24.4 Å². The molecule has 3 aromatic carbocycles. The van der Waals surface area contributed by atoms with Gasteiger partial charge in [-0.05, 0) is 86.9 Å². The van der Waals surface area contributed by atoms with Crippen molar-refractivity contribution in [3.05, 3.63) is 126 Å². The molecule has 0 spiro atoms. The van der Waals surface area contributed by atoms with E-state index in [0.717, 1.165) is 43.3 Å². The molecule has 5 heteroatoms. The van der Waals surface area contributed by atoms with Gasteiger partial charge in [-0.3, -0.25) is 0 Å². The number of hydrogen-bond acceptors (Lipinski definition) is 5. The van der Waals surface area contributed by atoms with Gasteiger partial charge >= 0.3 is 0 Å². The van der Waals surface area contributed by atoms with Gasteiger partial charge in [0, 0.05) is 43.8 Å². The molecule has 0 N–H and O–H groups in total. The van der Waals surface area contributed by atoms with Gasteiger partial charge in [0.05, 0.1) is 17.7 Å². The third kappa shape index (κ3) is 6.19. The lowest BCUT2D eigenvalue weighted by Crippen LogP contribution is -2.25. The predicted molar refractivity (Wildman–Crippen MR) is 175 cm³/mol. The molecule has 1 aliphatic rings. The van der Waals surface area contributed by atoms with Crippen LogP contribution < -0.4 is 14.8 Å².